The van der Waals surface area contributed by atoms with Crippen molar-refractivity contribution in [3.8, 4) is 11.5 Å². The van der Waals surface area contributed by atoms with Gasteiger partial charge in [0.1, 0.15) is 12.6 Å². The molecule has 2 amide bonds. The molecule has 0 aliphatic carbocycles. The summed E-state index contributed by atoms with van der Waals surface area (Å²) in [6.07, 6.45) is 2.00. The Balaban J connectivity index is 1.44. The van der Waals surface area contributed by atoms with Crippen LogP contribution in [0, 0.1) is 0 Å². The molecule has 158 valence electrons. The Morgan fingerprint density at radius 3 is 2.71 bits per heavy atom. The van der Waals surface area contributed by atoms with Crippen molar-refractivity contribution in [2.45, 2.75) is 19.0 Å². The highest BCUT2D eigenvalue weighted by atomic mass is 16.5. The average molecular weight is 418 g/mol. The number of carbonyl (C=O) groups is 2. The first kappa shape index (κ1) is 19.2. The van der Waals surface area contributed by atoms with E-state index in [2.05, 4.69) is 10.1 Å². The topological polar surface area (TPSA) is 87.2 Å². The Morgan fingerprint density at radius 2 is 1.90 bits per heavy atom. The van der Waals surface area contributed by atoms with Crippen LogP contribution in [0.15, 0.2) is 47.6 Å². The van der Waals surface area contributed by atoms with Crippen LogP contribution in [0.4, 0.5) is 0 Å². The summed E-state index contributed by atoms with van der Waals surface area (Å²) in [7, 11) is 3.10. The van der Waals surface area contributed by atoms with Gasteiger partial charge in [-0.15, -0.1) is 0 Å². The molecule has 3 heterocycles. The van der Waals surface area contributed by atoms with Crippen molar-refractivity contribution in [2.24, 2.45) is 5.10 Å². The second kappa shape index (κ2) is 7.46. The summed E-state index contributed by atoms with van der Waals surface area (Å²) in [6, 6.07) is 12.8. The van der Waals surface area contributed by atoms with Crippen LogP contribution < -0.4 is 9.47 Å². The molecule has 1 fully saturated rings. The van der Waals surface area contributed by atoms with Gasteiger partial charge in [0, 0.05) is 28.6 Å². The van der Waals surface area contributed by atoms with Gasteiger partial charge in [0.05, 0.1) is 27.0 Å². The molecule has 2 aliphatic rings. The molecule has 2 aromatic carbocycles. The lowest BCUT2D eigenvalue weighted by Crippen LogP contribution is -2.60. The van der Waals surface area contributed by atoms with Gasteiger partial charge in [-0.25, -0.2) is 5.01 Å². The third-order valence-corrected chi connectivity index (χ3v) is 5.92. The van der Waals surface area contributed by atoms with E-state index >= 15 is 0 Å². The van der Waals surface area contributed by atoms with Gasteiger partial charge >= 0.3 is 0 Å². The standard InChI is InChI=1S/C23H22N4O4/c1-30-20-9-5-6-14(22(20)31-2)11-24-27-13-21(28)26-12-18-16(10-19(26)23(27)29)15-7-3-4-8-17(15)25-18/h3-9,11,19,25H,10,12-13H2,1-2H3/t19-/m1/s1. The summed E-state index contributed by atoms with van der Waals surface area (Å²) in [5.74, 6) is 0.780. The summed E-state index contributed by atoms with van der Waals surface area (Å²) in [5, 5.41) is 6.68. The van der Waals surface area contributed by atoms with Gasteiger partial charge in [-0.1, -0.05) is 24.3 Å². The molecule has 8 heteroatoms. The van der Waals surface area contributed by atoms with Gasteiger partial charge in [0.15, 0.2) is 11.5 Å². The van der Waals surface area contributed by atoms with Crippen LogP contribution in [-0.2, 0) is 22.6 Å². The molecule has 31 heavy (non-hydrogen) atoms. The van der Waals surface area contributed by atoms with E-state index in [4.69, 9.17) is 9.47 Å². The van der Waals surface area contributed by atoms with Crippen LogP contribution in [0.5, 0.6) is 11.5 Å². The second-order valence-electron chi connectivity index (χ2n) is 7.59. The number of ether oxygens (including phenoxy) is 2. The number of nitrogens with one attached hydrogen (secondary N) is 1. The molecule has 1 N–H and O–H groups in total. The number of methoxy groups -OCH3 is 2. The van der Waals surface area contributed by atoms with E-state index in [1.165, 1.54) is 11.2 Å². The first-order valence-electron chi connectivity index (χ1n) is 10.0. The van der Waals surface area contributed by atoms with Crippen molar-refractivity contribution in [2.75, 3.05) is 20.8 Å². The molecule has 1 saturated heterocycles. The van der Waals surface area contributed by atoms with Crippen molar-refractivity contribution in [1.82, 2.24) is 14.9 Å². The Kier molecular flexibility index (Phi) is 4.62. The lowest BCUT2D eigenvalue weighted by molar-refractivity contribution is -0.157. The van der Waals surface area contributed by atoms with E-state index in [9.17, 15) is 9.59 Å². The average Bonchev–Trinajstić information content (AvgIpc) is 3.16. The molecular formula is C23H22N4O4. The number of hydrogen-bond donors (Lipinski definition) is 1. The quantitative estimate of drug-likeness (QED) is 0.659. The van der Waals surface area contributed by atoms with Crippen LogP contribution in [0.2, 0.25) is 0 Å². The number of H-pyrrole nitrogens is 1. The monoisotopic (exact) mass is 418 g/mol. The number of aromatic amines is 1. The smallest absolute Gasteiger partial charge is 0.266 e. The zero-order chi connectivity index (χ0) is 21.5. The van der Waals surface area contributed by atoms with E-state index in [1.807, 2.05) is 36.4 Å². The SMILES string of the molecule is COc1cccc(C=NN2CC(=O)N3Cc4[nH]c5ccccc5c4C[C@@H]3C2=O)c1OC. The van der Waals surface area contributed by atoms with Crippen molar-refractivity contribution in [1.29, 1.82) is 0 Å². The first-order valence-corrected chi connectivity index (χ1v) is 10.0. The largest absolute Gasteiger partial charge is 0.493 e. The highest BCUT2D eigenvalue weighted by Gasteiger charge is 2.43. The molecule has 1 atom stereocenters. The van der Waals surface area contributed by atoms with Crippen molar-refractivity contribution in [3.63, 3.8) is 0 Å². The summed E-state index contributed by atoms with van der Waals surface area (Å²) in [5.41, 5.74) is 3.77. The number of carbonyl (C=O) groups excluding carboxylic acids is 2. The number of aromatic nitrogens is 1. The van der Waals surface area contributed by atoms with E-state index in [0.29, 0.717) is 30.0 Å². The number of amides is 2. The number of hydrogen-bond acceptors (Lipinski definition) is 5. The van der Waals surface area contributed by atoms with Crippen LogP contribution in [0.25, 0.3) is 10.9 Å². The zero-order valence-electron chi connectivity index (χ0n) is 17.3. The number of benzene rings is 2. The Morgan fingerprint density at radius 1 is 1.06 bits per heavy atom. The van der Waals surface area contributed by atoms with Crippen LogP contribution in [0.1, 0.15) is 16.8 Å². The maximum absolute atomic E-state index is 13.2. The maximum atomic E-state index is 13.2. The lowest BCUT2D eigenvalue weighted by Gasteiger charge is -2.40. The molecule has 0 spiro atoms. The van der Waals surface area contributed by atoms with E-state index in [-0.39, 0.29) is 18.4 Å². The predicted octanol–water partition coefficient (Wildman–Crippen LogP) is 2.31. The van der Waals surface area contributed by atoms with Gasteiger partial charge in [-0.05, 0) is 23.8 Å². The molecule has 5 rings (SSSR count). The van der Waals surface area contributed by atoms with Gasteiger partial charge in [-0.3, -0.25) is 9.59 Å². The molecule has 0 bridgehead atoms. The van der Waals surface area contributed by atoms with Gasteiger partial charge in [0.25, 0.3) is 5.91 Å². The number of hydrazone groups is 1. The third kappa shape index (κ3) is 3.11. The molecule has 0 radical (unpaired) electrons. The normalized spacial score (nSPS) is 18.5. The first-order chi connectivity index (χ1) is 15.1. The van der Waals surface area contributed by atoms with Crippen LogP contribution in [0.3, 0.4) is 0 Å². The highest BCUT2D eigenvalue weighted by molar-refractivity contribution is 5.97. The molecule has 2 aliphatic heterocycles. The second-order valence-corrected chi connectivity index (χ2v) is 7.59. The number of rotatable bonds is 4. The molecule has 0 saturated carbocycles. The zero-order valence-corrected chi connectivity index (χ0v) is 17.3. The molecule has 0 unspecified atom stereocenters. The van der Waals surface area contributed by atoms with E-state index in [0.717, 1.165) is 22.2 Å². The van der Waals surface area contributed by atoms with Crippen LogP contribution >= 0.6 is 0 Å². The minimum absolute atomic E-state index is 0.0896. The Bertz CT molecular complexity index is 1220. The van der Waals surface area contributed by atoms with Crippen LogP contribution in [-0.4, -0.2) is 59.7 Å². The summed E-state index contributed by atoms with van der Waals surface area (Å²) < 4.78 is 10.7. The molecular weight excluding hydrogens is 396 g/mol. The predicted molar refractivity (Wildman–Crippen MR) is 115 cm³/mol. The van der Waals surface area contributed by atoms with Crippen molar-refractivity contribution in [3.05, 3.63) is 59.3 Å². The van der Waals surface area contributed by atoms with Gasteiger partial charge in [-0.2, -0.15) is 5.10 Å². The Hall–Kier alpha value is -3.81. The minimum Gasteiger partial charge on any atom is -0.493 e. The fourth-order valence-corrected chi connectivity index (χ4v) is 4.40. The number of para-hydroxylation sites is 2. The molecule has 1 aromatic heterocycles. The lowest BCUT2D eigenvalue weighted by atomic mass is 9.94. The van der Waals surface area contributed by atoms with Crippen molar-refractivity contribution < 1.29 is 19.1 Å². The number of fused-ring (bicyclic) bond motifs is 4. The van der Waals surface area contributed by atoms with Gasteiger partial charge in [0.2, 0.25) is 5.91 Å². The summed E-state index contributed by atoms with van der Waals surface area (Å²) in [4.78, 5) is 31.1. The summed E-state index contributed by atoms with van der Waals surface area (Å²) >= 11 is 0. The maximum Gasteiger partial charge on any atom is 0.266 e. The fraction of sp³-hybridized carbons (Fsp3) is 0.261. The van der Waals surface area contributed by atoms with Crippen molar-refractivity contribution >= 4 is 28.9 Å². The number of piperazine rings is 1. The third-order valence-electron chi connectivity index (χ3n) is 5.92. The molecule has 3 aromatic rings. The van der Waals surface area contributed by atoms with E-state index < -0.39 is 6.04 Å². The molecule has 8 nitrogen and oxygen atoms in total. The van der Waals surface area contributed by atoms with Gasteiger partial charge < -0.3 is 19.4 Å². The number of nitrogens with zero attached hydrogens (tertiary/aromatic N) is 3. The fourth-order valence-electron chi connectivity index (χ4n) is 4.40. The van der Waals surface area contributed by atoms with E-state index in [1.54, 1.807) is 25.2 Å². The highest BCUT2D eigenvalue weighted by Crippen LogP contribution is 2.33. The summed E-state index contributed by atoms with van der Waals surface area (Å²) in [6.45, 7) is 0.314. The minimum atomic E-state index is -0.558. The Labute approximate surface area is 179 Å².